The van der Waals surface area contributed by atoms with Crippen LogP contribution in [0.3, 0.4) is 0 Å². The number of halogens is 2. The first kappa shape index (κ1) is 47.5. The van der Waals surface area contributed by atoms with Gasteiger partial charge in [-0.1, -0.05) is 90.8 Å². The summed E-state index contributed by atoms with van der Waals surface area (Å²) in [7, 11) is 0. The molecule has 2 aliphatic carbocycles. The molecule has 1 saturated heterocycles. The largest absolute Gasteiger partial charge is 0.489 e. The van der Waals surface area contributed by atoms with Crippen molar-refractivity contribution in [1.82, 2.24) is 4.90 Å². The third-order valence-electron chi connectivity index (χ3n) is 13.5. The molecule has 0 radical (unpaired) electrons. The summed E-state index contributed by atoms with van der Waals surface area (Å²) in [6.45, 7) is 5.03. The molecule has 1 saturated carbocycles. The molecule has 0 bridgehead atoms. The van der Waals surface area contributed by atoms with Gasteiger partial charge < -0.3 is 38.7 Å². The molecule has 4 aliphatic rings. The molecule has 0 spiro atoms. The molecule has 1 amide bonds. The van der Waals surface area contributed by atoms with E-state index in [-0.39, 0.29) is 75.5 Å². The zero-order valence-electron chi connectivity index (χ0n) is 37.5. The number of unbranched alkanes of at least 4 members (excludes halogenated alkanes) is 2. The van der Waals surface area contributed by atoms with Crippen molar-refractivity contribution in [3.63, 3.8) is 0 Å². The maximum Gasteiger partial charge on any atom is 0.410 e. The average Bonchev–Trinajstić information content (AvgIpc) is 3.34. The number of alkyl halides is 1. The number of amides is 1. The van der Waals surface area contributed by atoms with Crippen molar-refractivity contribution in [2.45, 2.75) is 101 Å². The lowest BCUT2D eigenvalue weighted by Crippen LogP contribution is -2.70. The van der Waals surface area contributed by atoms with Crippen LogP contribution in [0.2, 0.25) is 0 Å². The van der Waals surface area contributed by atoms with Crippen molar-refractivity contribution in [2.24, 2.45) is 22.9 Å². The molecule has 2 N–H and O–H groups in total. The molecule has 2 heterocycles. The fraction of sp³-hybridized carbons (Fsp3) is 0.472. The van der Waals surface area contributed by atoms with Gasteiger partial charge in [0.2, 0.25) is 12.1 Å². The predicted molar refractivity (Wildman–Crippen MR) is 252 cm³/mol. The van der Waals surface area contributed by atoms with Gasteiger partial charge in [-0.3, -0.25) is 4.90 Å². The van der Waals surface area contributed by atoms with E-state index in [1.807, 2.05) is 60.7 Å². The van der Waals surface area contributed by atoms with Crippen molar-refractivity contribution < 1.29 is 47.9 Å². The number of rotatable bonds is 21. The molecule has 66 heavy (non-hydrogen) atoms. The summed E-state index contributed by atoms with van der Waals surface area (Å²) in [6, 6.07) is 25.6. The van der Waals surface area contributed by atoms with E-state index in [2.05, 4.69) is 12.7 Å². The second-order valence-corrected chi connectivity index (χ2v) is 18.0. The van der Waals surface area contributed by atoms with Crippen LogP contribution in [0.1, 0.15) is 86.8 Å². The Morgan fingerprint density at radius 1 is 0.970 bits per heavy atom. The molecule has 11 nitrogen and oxygen atoms in total. The first-order valence-electron chi connectivity index (χ1n) is 23.6. The fourth-order valence-corrected chi connectivity index (χ4v) is 10.6. The molecule has 2 fully saturated rings. The zero-order valence-corrected chi connectivity index (χ0v) is 38.3. The molecule has 4 aromatic rings. The van der Waals surface area contributed by atoms with E-state index in [1.165, 1.54) is 6.07 Å². The smallest absolute Gasteiger partial charge is 0.410 e. The Labute approximate surface area is 392 Å². The van der Waals surface area contributed by atoms with Crippen LogP contribution in [-0.2, 0) is 32.2 Å². The fourth-order valence-electron chi connectivity index (χ4n) is 10.6. The quantitative estimate of drug-likeness (QED) is 0.0363. The van der Waals surface area contributed by atoms with Gasteiger partial charge >= 0.3 is 6.09 Å². The lowest BCUT2D eigenvalue weighted by Gasteiger charge is -2.60. The highest BCUT2D eigenvalue weighted by molar-refractivity contribution is 6.18. The molecular weight excluding hydrogens is 863 g/mol. The molecule has 13 heteroatoms. The van der Waals surface area contributed by atoms with Crippen LogP contribution in [0.15, 0.2) is 114 Å². The van der Waals surface area contributed by atoms with Gasteiger partial charge in [0.15, 0.2) is 0 Å². The van der Waals surface area contributed by atoms with E-state index in [9.17, 15) is 19.4 Å². The van der Waals surface area contributed by atoms with Gasteiger partial charge in [-0.15, -0.1) is 18.2 Å². The van der Waals surface area contributed by atoms with E-state index in [0.717, 1.165) is 66.0 Å². The number of fused-ring (bicyclic) bond motifs is 3. The van der Waals surface area contributed by atoms with E-state index < -0.39 is 30.1 Å². The Morgan fingerprint density at radius 3 is 2.55 bits per heavy atom. The highest BCUT2D eigenvalue weighted by atomic mass is 35.5. The summed E-state index contributed by atoms with van der Waals surface area (Å²) in [4.78, 5) is 22.9. The van der Waals surface area contributed by atoms with Crippen LogP contribution in [0, 0.1) is 23.6 Å². The minimum atomic E-state index is -1.52. The van der Waals surface area contributed by atoms with Crippen LogP contribution in [0.25, 0.3) is 10.8 Å². The van der Waals surface area contributed by atoms with Crippen molar-refractivity contribution in [2.75, 3.05) is 38.9 Å². The number of hydrogen-bond donors (Lipinski definition) is 2. The summed E-state index contributed by atoms with van der Waals surface area (Å²) in [5.41, 5.74) is 3.77. The van der Waals surface area contributed by atoms with Crippen molar-refractivity contribution in [1.29, 1.82) is 0 Å². The number of nitrogens with zero attached hydrogens (tertiary/aromatic N) is 2. The van der Waals surface area contributed by atoms with Gasteiger partial charge in [-0.05, 0) is 96.5 Å². The number of carbonyl (C=O) groups excluding carboxylic acids is 1. The van der Waals surface area contributed by atoms with Crippen LogP contribution in [-0.4, -0.2) is 84.0 Å². The summed E-state index contributed by atoms with van der Waals surface area (Å²) >= 11 is 6.18. The number of aliphatic hydroxyl groups excluding tert-OH is 2. The maximum atomic E-state index is 14.9. The highest BCUT2D eigenvalue weighted by Crippen LogP contribution is 2.62. The molecule has 8 rings (SSSR count). The molecule has 352 valence electrons. The lowest BCUT2D eigenvalue weighted by molar-refractivity contribution is -0.256. The highest BCUT2D eigenvalue weighted by Gasteiger charge is 2.66. The molecule has 0 aromatic heterocycles. The third-order valence-corrected chi connectivity index (χ3v) is 13.7. The number of allylic oxidation sites excluding steroid dienone is 1. The van der Waals surface area contributed by atoms with Gasteiger partial charge in [0, 0.05) is 43.1 Å². The van der Waals surface area contributed by atoms with Crippen LogP contribution in [0.5, 0.6) is 11.5 Å². The second kappa shape index (κ2) is 22.7. The van der Waals surface area contributed by atoms with Crippen LogP contribution in [0.4, 0.5) is 9.18 Å². The van der Waals surface area contributed by atoms with Gasteiger partial charge in [0.1, 0.15) is 36.6 Å². The Balaban J connectivity index is 1.34. The van der Waals surface area contributed by atoms with Gasteiger partial charge in [-0.2, -0.15) is 0 Å². The Bertz CT molecular complexity index is 2330. The number of ether oxygens (including phenoxy) is 5. The minimum Gasteiger partial charge on any atom is -0.489 e. The average molecular weight is 926 g/mol. The Kier molecular flexibility index (Phi) is 16.3. The first-order valence-corrected chi connectivity index (χ1v) is 24.1. The van der Waals surface area contributed by atoms with Gasteiger partial charge in [-0.25, -0.2) is 9.18 Å². The molecular formula is C53H62ClFN2O9. The van der Waals surface area contributed by atoms with E-state index in [1.54, 1.807) is 29.2 Å². The van der Waals surface area contributed by atoms with Crippen LogP contribution >= 0.6 is 11.6 Å². The van der Waals surface area contributed by atoms with E-state index >= 15 is 0 Å². The SMILES string of the molecule is C=CCOC12Oc3ccc(OCc4ccccc4F)cc3C3C(CCCCO)C(CCCCO)C=C(C(=NOC4CCCCO4)CC1N(Cc1cccc4ccccc14)C(=O)OCCCl)C32. The summed E-state index contributed by atoms with van der Waals surface area (Å²) in [5, 5.41) is 27.0. The van der Waals surface area contributed by atoms with Gasteiger partial charge in [0.05, 0.1) is 37.3 Å². The number of aliphatic hydroxyl groups is 2. The Morgan fingerprint density at radius 2 is 1.76 bits per heavy atom. The number of carbonyl (C=O) groups is 1. The van der Waals surface area contributed by atoms with Gasteiger partial charge in [0.25, 0.3) is 0 Å². The third kappa shape index (κ3) is 10.4. The molecule has 7 atom stereocenters. The lowest BCUT2D eigenvalue weighted by atomic mass is 9.55. The summed E-state index contributed by atoms with van der Waals surface area (Å²) in [5.74, 6) is -1.52. The molecule has 7 unspecified atom stereocenters. The zero-order chi connectivity index (χ0) is 45.9. The number of oxime groups is 1. The van der Waals surface area contributed by atoms with Crippen molar-refractivity contribution in [3.8, 4) is 11.5 Å². The molecule has 2 aliphatic heterocycles. The van der Waals surface area contributed by atoms with Crippen molar-refractivity contribution in [3.05, 3.63) is 132 Å². The monoisotopic (exact) mass is 924 g/mol. The predicted octanol–water partition coefficient (Wildman–Crippen LogP) is 10.6. The first-order chi connectivity index (χ1) is 32.4. The standard InChI is InChI=1S/C53H62ClFN2O9/c1-2-28-64-53-48(57(52(60)62-30-25-54)34-38-18-13-17-36-14-3-5-19-41(36)38)33-46(56-66-49-22-9-12-29-61-49)43-31-37(15-7-10-26-58)42(20-8-11-27-59)50(51(43)53)44-32-40(23-24-47(44)65-53)63-35-39-16-4-6-21-45(39)55/h2-6,13-14,16-19,21,23-24,31-32,37,42,48-51,58-59H,1,7-12,15,20,22,25-30,33-35H2. The van der Waals surface area contributed by atoms with Crippen molar-refractivity contribution >= 4 is 34.2 Å². The minimum absolute atomic E-state index is 0.0122. The molecule has 4 aromatic carbocycles. The topological polar surface area (TPSA) is 129 Å². The summed E-state index contributed by atoms with van der Waals surface area (Å²) in [6.07, 6.45) is 10.0. The normalized spacial score (nSPS) is 25.0. The number of hydrogen-bond acceptors (Lipinski definition) is 10. The van der Waals surface area contributed by atoms with E-state index in [0.29, 0.717) is 48.6 Å². The summed E-state index contributed by atoms with van der Waals surface area (Å²) < 4.78 is 47.8. The number of benzene rings is 4. The Hall–Kier alpha value is -4.98. The second-order valence-electron chi connectivity index (χ2n) is 17.6. The van der Waals surface area contributed by atoms with Crippen LogP contribution < -0.4 is 9.47 Å². The maximum absolute atomic E-state index is 14.9. The van der Waals surface area contributed by atoms with E-state index in [4.69, 9.17) is 45.3 Å².